The van der Waals surface area contributed by atoms with E-state index in [2.05, 4.69) is 43.1 Å². The molecule has 0 aliphatic heterocycles. The van der Waals surface area contributed by atoms with E-state index in [-0.39, 0.29) is 23.0 Å². The molecule has 0 saturated carbocycles. The Balaban J connectivity index is 0.00000259. The van der Waals surface area contributed by atoms with Crippen LogP contribution < -0.4 is 26.9 Å². The molecule has 5 aromatic rings. The third kappa shape index (κ3) is 3.44. The van der Waals surface area contributed by atoms with E-state index in [0.29, 0.717) is 14.7 Å². The summed E-state index contributed by atoms with van der Waals surface area (Å²) in [6.45, 7) is -1.28. The third-order valence-electron chi connectivity index (χ3n) is 6.16. The molecular formula is C25H20Cl3N2OPS. The van der Waals surface area contributed by atoms with Crippen molar-refractivity contribution in [1.82, 2.24) is 9.38 Å². The van der Waals surface area contributed by atoms with Crippen LogP contribution in [-0.4, -0.2) is 16.0 Å². The van der Waals surface area contributed by atoms with Crippen LogP contribution in [0.4, 0.5) is 0 Å². The number of rotatable bonds is 4. The average molecular weight is 534 g/mol. The number of fused-ring (bicyclic) bond motifs is 1. The van der Waals surface area contributed by atoms with Crippen LogP contribution in [0.3, 0.4) is 0 Å². The van der Waals surface area contributed by atoms with Crippen molar-refractivity contribution in [2.45, 2.75) is 0 Å². The van der Waals surface area contributed by atoms with Crippen molar-refractivity contribution >= 4 is 79.9 Å². The van der Waals surface area contributed by atoms with Gasteiger partial charge in [0, 0.05) is 0 Å². The molecule has 33 heavy (non-hydrogen) atoms. The van der Waals surface area contributed by atoms with Crippen molar-refractivity contribution in [3.63, 3.8) is 0 Å². The normalized spacial score (nSPS) is 12.6. The molecule has 0 fully saturated rings. The molecule has 0 spiro atoms. The van der Waals surface area contributed by atoms with Gasteiger partial charge >= 0.3 is 200 Å². The fourth-order valence-corrected chi connectivity index (χ4v) is 11.6. The molecule has 0 atom stereocenters. The quantitative estimate of drug-likeness (QED) is 0.295. The molecule has 0 bridgehead atoms. The van der Waals surface area contributed by atoms with Gasteiger partial charge in [-0.3, -0.25) is 0 Å². The summed E-state index contributed by atoms with van der Waals surface area (Å²) in [6.07, 6.45) is 1.57. The molecule has 3 aromatic carbocycles. The first-order chi connectivity index (χ1) is 15.4. The Morgan fingerprint density at radius 1 is 0.788 bits per heavy atom. The number of halogens is 3. The number of hydrogen-bond donors (Lipinski definition) is 0. The number of benzene rings is 3. The Bertz CT molecular complexity index is 1390. The minimum absolute atomic E-state index is 0. The SMILES string of the molecule is CP(c1ccccc1)(c1ccccc1)(c1ccccc1)c1nc2sc(Cl)cn2c(=O)c1Cl.Cl. The van der Waals surface area contributed by atoms with Gasteiger partial charge in [-0.2, -0.15) is 0 Å². The molecule has 0 unspecified atom stereocenters. The molecule has 0 aliphatic carbocycles. The molecule has 0 aliphatic rings. The monoisotopic (exact) mass is 532 g/mol. The van der Waals surface area contributed by atoms with Crippen molar-refractivity contribution in [1.29, 1.82) is 0 Å². The van der Waals surface area contributed by atoms with Crippen LogP contribution in [-0.2, 0) is 0 Å². The molecule has 8 heteroatoms. The molecule has 168 valence electrons. The molecule has 5 rings (SSSR count). The van der Waals surface area contributed by atoms with Gasteiger partial charge in [0.2, 0.25) is 0 Å². The van der Waals surface area contributed by atoms with Gasteiger partial charge in [-0.1, -0.05) is 0 Å². The second-order valence-corrected chi connectivity index (χ2v) is 14.9. The van der Waals surface area contributed by atoms with E-state index in [1.54, 1.807) is 6.20 Å². The first-order valence-electron chi connectivity index (χ1n) is 10.0. The van der Waals surface area contributed by atoms with E-state index < -0.39 is 6.60 Å². The Hall–Kier alpha value is -2.20. The van der Waals surface area contributed by atoms with Crippen molar-refractivity contribution < 1.29 is 0 Å². The summed E-state index contributed by atoms with van der Waals surface area (Å²) in [5, 5.41) is 3.36. The summed E-state index contributed by atoms with van der Waals surface area (Å²) in [4.78, 5) is 19.0. The number of aromatic nitrogens is 2. The van der Waals surface area contributed by atoms with E-state index in [1.807, 2.05) is 54.6 Å². The van der Waals surface area contributed by atoms with Crippen LogP contribution in [0.5, 0.6) is 0 Å². The van der Waals surface area contributed by atoms with E-state index >= 15 is 0 Å². The van der Waals surface area contributed by atoms with Crippen molar-refractivity contribution in [2.75, 3.05) is 6.66 Å². The number of nitrogens with zero attached hydrogens (tertiary/aromatic N) is 2. The van der Waals surface area contributed by atoms with Crippen molar-refractivity contribution in [2.24, 2.45) is 0 Å². The third-order valence-corrected chi connectivity index (χ3v) is 13.9. The fraction of sp³-hybridized carbons (Fsp3) is 0.0400. The first kappa shape index (κ1) is 23.9. The summed E-state index contributed by atoms with van der Waals surface area (Å²) < 4.78 is 1.92. The van der Waals surface area contributed by atoms with Crippen LogP contribution in [0.1, 0.15) is 0 Å². The summed E-state index contributed by atoms with van der Waals surface area (Å²) >= 11 is 14.4. The van der Waals surface area contributed by atoms with Crippen LogP contribution in [0.2, 0.25) is 9.36 Å². The Morgan fingerprint density at radius 2 is 1.21 bits per heavy atom. The molecular weight excluding hydrogens is 514 g/mol. The Labute approximate surface area is 212 Å². The van der Waals surface area contributed by atoms with Crippen molar-refractivity contribution in [3.8, 4) is 0 Å². The van der Waals surface area contributed by atoms with Crippen LogP contribution in [0, 0.1) is 0 Å². The standard InChI is InChI=1S/C25H19Cl2N2OPS.ClH/c1-31(18-11-5-2-6-12-18,19-13-7-3-8-14-19,20-15-9-4-10-16-20)23-22(27)24(30)29-17-21(26)32-25(29)28-23;/h2-17H,1H3;1H. The summed E-state index contributed by atoms with van der Waals surface area (Å²) in [5.74, 6) is 0. The molecule has 3 nitrogen and oxygen atoms in total. The second-order valence-electron chi connectivity index (χ2n) is 7.81. The number of hydrogen-bond acceptors (Lipinski definition) is 3. The predicted molar refractivity (Wildman–Crippen MR) is 147 cm³/mol. The Morgan fingerprint density at radius 3 is 1.64 bits per heavy atom. The summed E-state index contributed by atoms with van der Waals surface area (Å²) in [6, 6.07) is 30.8. The van der Waals surface area contributed by atoms with Gasteiger partial charge in [0.05, 0.1) is 0 Å². The largest absolute Gasteiger partial charge is 0.147 e. The molecule has 0 amide bonds. The zero-order chi connectivity index (χ0) is 22.4. The van der Waals surface area contributed by atoms with Gasteiger partial charge < -0.3 is 0 Å². The second kappa shape index (κ2) is 8.87. The van der Waals surface area contributed by atoms with Gasteiger partial charge in [-0.25, -0.2) is 0 Å². The van der Waals surface area contributed by atoms with Gasteiger partial charge in [-0.15, -0.1) is 12.4 Å². The minimum Gasteiger partial charge on any atom is -0.147 e. The molecule has 2 heterocycles. The van der Waals surface area contributed by atoms with E-state index in [4.69, 9.17) is 28.2 Å². The predicted octanol–water partition coefficient (Wildman–Crippen LogP) is 5.27. The van der Waals surface area contributed by atoms with Gasteiger partial charge in [0.1, 0.15) is 0 Å². The van der Waals surface area contributed by atoms with Crippen molar-refractivity contribution in [3.05, 3.63) is 117 Å². The van der Waals surface area contributed by atoms with E-state index in [1.165, 1.54) is 15.7 Å². The maximum absolute atomic E-state index is 13.4. The maximum atomic E-state index is 13.4. The van der Waals surface area contributed by atoms with Crippen LogP contribution in [0.25, 0.3) is 4.96 Å². The molecule has 2 aromatic heterocycles. The maximum Gasteiger partial charge on any atom is -0.147 e. The van der Waals surface area contributed by atoms with Gasteiger partial charge in [0.15, 0.2) is 0 Å². The van der Waals surface area contributed by atoms with Gasteiger partial charge in [-0.05, 0) is 0 Å². The van der Waals surface area contributed by atoms with Crippen LogP contribution >= 0.6 is 53.5 Å². The van der Waals surface area contributed by atoms with E-state index in [0.717, 1.165) is 15.9 Å². The summed E-state index contributed by atoms with van der Waals surface area (Å²) in [7, 11) is 0. The minimum atomic E-state index is -3.50. The Kier molecular flexibility index (Phi) is 6.43. The fourth-order valence-electron chi connectivity index (χ4n) is 4.47. The van der Waals surface area contributed by atoms with E-state index in [9.17, 15) is 4.79 Å². The molecule has 0 saturated heterocycles. The molecule has 0 N–H and O–H groups in total. The zero-order valence-corrected chi connectivity index (χ0v) is 21.6. The number of thiazole rings is 1. The first-order valence-corrected chi connectivity index (χ1v) is 14.3. The topological polar surface area (TPSA) is 34.4 Å². The summed E-state index contributed by atoms with van der Waals surface area (Å²) in [5.41, 5.74) is 0.290. The van der Waals surface area contributed by atoms with Crippen LogP contribution in [0.15, 0.2) is 102 Å². The average Bonchev–Trinajstić information content (AvgIpc) is 3.23. The van der Waals surface area contributed by atoms with Gasteiger partial charge in [0.25, 0.3) is 0 Å². The smallest absolute Gasteiger partial charge is 0.147 e. The molecule has 0 radical (unpaired) electrons. The zero-order valence-electron chi connectivity index (χ0n) is 17.6.